The third kappa shape index (κ3) is 3.52. The van der Waals surface area contributed by atoms with Crippen LogP contribution in [0.5, 0.6) is 0 Å². The maximum absolute atomic E-state index is 13.7. The van der Waals surface area contributed by atoms with Gasteiger partial charge >= 0.3 is 5.97 Å². The zero-order chi connectivity index (χ0) is 16.1. The second-order valence-corrected chi connectivity index (χ2v) is 4.80. The van der Waals surface area contributed by atoms with E-state index >= 15 is 0 Å². The lowest BCUT2D eigenvalue weighted by molar-refractivity contribution is -0.139. The molecular formula is C16H16FNO4. The highest BCUT2D eigenvalue weighted by Crippen LogP contribution is 2.24. The topological polar surface area (TPSA) is 79.5 Å². The normalized spacial score (nSPS) is 11.9. The van der Waals surface area contributed by atoms with E-state index in [9.17, 15) is 14.0 Å². The molecule has 116 valence electrons. The average molecular weight is 305 g/mol. The maximum Gasteiger partial charge on any atom is 0.326 e. The molecule has 0 saturated heterocycles. The molecule has 1 unspecified atom stereocenters. The Balaban J connectivity index is 2.16. The van der Waals surface area contributed by atoms with Crippen LogP contribution in [-0.2, 0) is 4.79 Å². The van der Waals surface area contributed by atoms with Crippen LogP contribution in [0, 0.1) is 5.82 Å². The molecule has 1 aromatic carbocycles. The molecular weight excluding hydrogens is 289 g/mol. The first kappa shape index (κ1) is 15.8. The van der Waals surface area contributed by atoms with Gasteiger partial charge in [-0.2, -0.15) is 0 Å². The maximum atomic E-state index is 13.7. The van der Waals surface area contributed by atoms with Crippen LogP contribution in [0.4, 0.5) is 4.39 Å². The van der Waals surface area contributed by atoms with E-state index in [0.29, 0.717) is 12.8 Å². The lowest BCUT2D eigenvalue weighted by Gasteiger charge is -2.12. The van der Waals surface area contributed by atoms with E-state index < -0.39 is 23.7 Å². The smallest absolute Gasteiger partial charge is 0.326 e. The fraction of sp³-hybridized carbons (Fsp3) is 0.250. The van der Waals surface area contributed by atoms with Gasteiger partial charge in [0.2, 0.25) is 0 Å². The summed E-state index contributed by atoms with van der Waals surface area (Å²) < 4.78 is 19.0. The molecule has 2 N–H and O–H groups in total. The van der Waals surface area contributed by atoms with Gasteiger partial charge in [0.1, 0.15) is 17.6 Å². The van der Waals surface area contributed by atoms with Crippen molar-refractivity contribution in [3.8, 4) is 11.3 Å². The zero-order valence-electron chi connectivity index (χ0n) is 12.0. The van der Waals surface area contributed by atoms with Crippen LogP contribution in [0.3, 0.4) is 0 Å². The average Bonchev–Trinajstić information content (AvgIpc) is 2.96. The molecule has 0 spiro atoms. The number of benzene rings is 1. The SMILES string of the molecule is CCCC(NC(=O)c1ccc(-c2ccccc2F)o1)C(=O)O. The monoisotopic (exact) mass is 305 g/mol. The molecule has 0 bridgehead atoms. The molecule has 5 nitrogen and oxygen atoms in total. The van der Waals surface area contributed by atoms with E-state index in [1.165, 1.54) is 24.3 Å². The lowest BCUT2D eigenvalue weighted by atomic mass is 10.1. The number of hydrogen-bond acceptors (Lipinski definition) is 3. The molecule has 6 heteroatoms. The van der Waals surface area contributed by atoms with Crippen molar-refractivity contribution in [2.24, 2.45) is 0 Å². The summed E-state index contributed by atoms with van der Waals surface area (Å²) >= 11 is 0. The van der Waals surface area contributed by atoms with E-state index in [2.05, 4.69) is 5.32 Å². The van der Waals surface area contributed by atoms with Gasteiger partial charge in [0.05, 0.1) is 5.56 Å². The molecule has 0 aliphatic rings. The number of carbonyl (C=O) groups excluding carboxylic acids is 1. The molecule has 2 rings (SSSR count). The Bertz CT molecular complexity index is 680. The molecule has 0 radical (unpaired) electrons. The van der Waals surface area contributed by atoms with Gasteiger partial charge in [0.25, 0.3) is 5.91 Å². The number of carboxylic acids is 1. The Labute approximate surface area is 126 Å². The molecule has 1 amide bonds. The Hall–Kier alpha value is -2.63. The number of rotatable bonds is 6. The van der Waals surface area contributed by atoms with Crippen LogP contribution in [0.25, 0.3) is 11.3 Å². The summed E-state index contributed by atoms with van der Waals surface area (Å²) in [5, 5.41) is 11.4. The predicted molar refractivity (Wildman–Crippen MR) is 77.9 cm³/mol. The lowest BCUT2D eigenvalue weighted by Crippen LogP contribution is -2.40. The predicted octanol–water partition coefficient (Wildman–Crippen LogP) is 3.07. The van der Waals surface area contributed by atoms with Gasteiger partial charge in [0.15, 0.2) is 5.76 Å². The summed E-state index contributed by atoms with van der Waals surface area (Å²) in [5.41, 5.74) is 0.241. The third-order valence-electron chi connectivity index (χ3n) is 3.15. The first-order chi connectivity index (χ1) is 10.5. The number of nitrogens with one attached hydrogen (secondary N) is 1. The summed E-state index contributed by atoms with van der Waals surface area (Å²) in [4.78, 5) is 23.0. The number of amides is 1. The number of halogens is 1. The Kier molecular flexibility index (Phi) is 4.93. The molecule has 1 heterocycles. The third-order valence-corrected chi connectivity index (χ3v) is 3.15. The number of hydrogen-bond donors (Lipinski definition) is 2. The van der Waals surface area contributed by atoms with E-state index in [1.807, 2.05) is 6.92 Å². The molecule has 22 heavy (non-hydrogen) atoms. The fourth-order valence-electron chi connectivity index (χ4n) is 2.04. The Morgan fingerprint density at radius 3 is 2.64 bits per heavy atom. The minimum absolute atomic E-state index is 0.0550. The first-order valence-corrected chi connectivity index (χ1v) is 6.91. The van der Waals surface area contributed by atoms with E-state index in [-0.39, 0.29) is 17.1 Å². The van der Waals surface area contributed by atoms with Crippen LogP contribution in [0.2, 0.25) is 0 Å². The summed E-state index contributed by atoms with van der Waals surface area (Å²) in [7, 11) is 0. The fourth-order valence-corrected chi connectivity index (χ4v) is 2.04. The van der Waals surface area contributed by atoms with E-state index in [0.717, 1.165) is 0 Å². The largest absolute Gasteiger partial charge is 0.480 e. The minimum atomic E-state index is -1.10. The number of furan rings is 1. The standard InChI is InChI=1S/C16H16FNO4/c1-2-5-12(16(20)21)18-15(19)14-9-8-13(22-14)10-6-3-4-7-11(10)17/h3-4,6-9,12H,2,5H2,1H3,(H,18,19)(H,20,21). The van der Waals surface area contributed by atoms with Gasteiger partial charge in [0, 0.05) is 0 Å². The van der Waals surface area contributed by atoms with Crippen LogP contribution in [0.1, 0.15) is 30.3 Å². The van der Waals surface area contributed by atoms with Gasteiger partial charge in [-0.1, -0.05) is 25.5 Å². The Morgan fingerprint density at radius 2 is 2.00 bits per heavy atom. The molecule has 2 aromatic rings. The van der Waals surface area contributed by atoms with E-state index in [4.69, 9.17) is 9.52 Å². The van der Waals surface area contributed by atoms with Crippen molar-refractivity contribution in [1.29, 1.82) is 0 Å². The van der Waals surface area contributed by atoms with Crippen molar-refractivity contribution in [2.45, 2.75) is 25.8 Å². The van der Waals surface area contributed by atoms with Crippen LogP contribution in [0.15, 0.2) is 40.8 Å². The second kappa shape index (κ2) is 6.89. The summed E-state index contributed by atoms with van der Waals surface area (Å²) in [6.07, 6.45) is 0.942. The number of aliphatic carboxylic acids is 1. The number of carboxylic acid groups (broad SMARTS) is 1. The summed E-state index contributed by atoms with van der Waals surface area (Å²) in [6, 6.07) is 7.93. The van der Waals surface area contributed by atoms with Gasteiger partial charge in [-0.3, -0.25) is 4.79 Å². The van der Waals surface area contributed by atoms with Crippen molar-refractivity contribution < 1.29 is 23.5 Å². The molecule has 1 atom stereocenters. The van der Waals surface area contributed by atoms with Crippen LogP contribution < -0.4 is 5.32 Å². The molecule has 0 saturated carbocycles. The molecule has 0 fully saturated rings. The minimum Gasteiger partial charge on any atom is -0.480 e. The van der Waals surface area contributed by atoms with Crippen molar-refractivity contribution in [3.63, 3.8) is 0 Å². The highest BCUT2D eigenvalue weighted by Gasteiger charge is 2.22. The van der Waals surface area contributed by atoms with Gasteiger partial charge in [-0.25, -0.2) is 9.18 Å². The van der Waals surface area contributed by atoms with Crippen molar-refractivity contribution in [3.05, 3.63) is 48.0 Å². The second-order valence-electron chi connectivity index (χ2n) is 4.80. The van der Waals surface area contributed by atoms with Crippen molar-refractivity contribution in [1.82, 2.24) is 5.32 Å². The van der Waals surface area contributed by atoms with Gasteiger partial charge in [-0.05, 0) is 30.7 Å². The summed E-state index contributed by atoms with van der Waals surface area (Å²) in [5.74, 6) is -2.04. The van der Waals surface area contributed by atoms with Crippen LogP contribution in [-0.4, -0.2) is 23.0 Å². The quantitative estimate of drug-likeness (QED) is 0.859. The zero-order valence-corrected chi connectivity index (χ0v) is 12.0. The highest BCUT2D eigenvalue weighted by atomic mass is 19.1. The Morgan fingerprint density at radius 1 is 1.27 bits per heavy atom. The molecule has 1 aromatic heterocycles. The van der Waals surface area contributed by atoms with Crippen molar-refractivity contribution >= 4 is 11.9 Å². The highest BCUT2D eigenvalue weighted by molar-refractivity contribution is 5.94. The summed E-state index contributed by atoms with van der Waals surface area (Å²) in [6.45, 7) is 1.82. The number of carbonyl (C=O) groups is 2. The molecule has 0 aliphatic heterocycles. The van der Waals surface area contributed by atoms with Crippen LogP contribution >= 0.6 is 0 Å². The molecule has 0 aliphatic carbocycles. The first-order valence-electron chi connectivity index (χ1n) is 6.91. The van der Waals surface area contributed by atoms with Gasteiger partial charge in [-0.15, -0.1) is 0 Å². The van der Waals surface area contributed by atoms with Crippen molar-refractivity contribution in [2.75, 3.05) is 0 Å². The van der Waals surface area contributed by atoms with E-state index in [1.54, 1.807) is 12.1 Å². The van der Waals surface area contributed by atoms with Gasteiger partial charge < -0.3 is 14.8 Å².